The van der Waals surface area contributed by atoms with Crippen molar-refractivity contribution < 1.29 is 9.84 Å². The van der Waals surface area contributed by atoms with E-state index in [4.69, 9.17) is 4.74 Å². The molecule has 1 fully saturated rings. The number of aliphatic hydroxyl groups is 1. The average Bonchev–Trinajstić information content (AvgIpc) is 2.37. The normalized spacial score (nSPS) is 17.5. The first-order valence-corrected chi connectivity index (χ1v) is 7.12. The Balaban J connectivity index is 1.86. The number of aliphatic hydroxyl groups excluding tert-OH is 1. The largest absolute Gasteiger partial charge is 0.396 e. The van der Waals surface area contributed by atoms with Crippen LogP contribution < -0.4 is 0 Å². The van der Waals surface area contributed by atoms with Crippen LogP contribution in [-0.2, 0) is 17.7 Å². The predicted octanol–water partition coefficient (Wildman–Crippen LogP) is 2.08. The summed E-state index contributed by atoms with van der Waals surface area (Å²) in [5, 5.41) is 9.44. The Hall–Kier alpha value is -0.900. The Bertz CT molecular complexity index is 379. The fraction of sp³-hybridized carbons (Fsp3) is 0.625. The minimum atomic E-state index is -0.0309. The van der Waals surface area contributed by atoms with Gasteiger partial charge in [0.2, 0.25) is 0 Å². The molecule has 0 radical (unpaired) electrons. The van der Waals surface area contributed by atoms with Gasteiger partial charge in [0.15, 0.2) is 0 Å². The summed E-state index contributed by atoms with van der Waals surface area (Å²) in [5.41, 5.74) is 2.71. The molecule has 0 aromatic heterocycles. The minimum Gasteiger partial charge on any atom is -0.396 e. The lowest BCUT2D eigenvalue weighted by Crippen LogP contribution is -2.52. The Morgan fingerprint density at radius 2 is 1.84 bits per heavy atom. The molecule has 0 aliphatic carbocycles. The summed E-state index contributed by atoms with van der Waals surface area (Å²) < 4.78 is 5.24. The van der Waals surface area contributed by atoms with Crippen molar-refractivity contribution >= 4 is 0 Å². The number of rotatable bonds is 7. The van der Waals surface area contributed by atoms with Gasteiger partial charge in [0.1, 0.15) is 0 Å². The van der Waals surface area contributed by atoms with Gasteiger partial charge in [-0.1, -0.05) is 37.6 Å². The third-order valence-corrected chi connectivity index (χ3v) is 3.77. The van der Waals surface area contributed by atoms with Crippen molar-refractivity contribution in [1.82, 2.24) is 4.90 Å². The number of hydrogen-bond acceptors (Lipinski definition) is 3. The molecule has 0 spiro atoms. The molecule has 0 atom stereocenters. The molecule has 1 aliphatic rings. The molecule has 3 heteroatoms. The number of ether oxygens (including phenoxy) is 1. The van der Waals surface area contributed by atoms with E-state index in [9.17, 15) is 5.11 Å². The van der Waals surface area contributed by atoms with Crippen LogP contribution in [0.5, 0.6) is 0 Å². The van der Waals surface area contributed by atoms with E-state index in [0.717, 1.165) is 19.5 Å². The van der Waals surface area contributed by atoms with Crippen LogP contribution in [-0.4, -0.2) is 43.4 Å². The topological polar surface area (TPSA) is 32.7 Å². The summed E-state index contributed by atoms with van der Waals surface area (Å²) in [6, 6.07) is 8.87. The van der Waals surface area contributed by atoms with Crippen LogP contribution in [0.1, 0.15) is 24.5 Å². The maximum atomic E-state index is 9.44. The molecule has 1 aromatic carbocycles. The van der Waals surface area contributed by atoms with E-state index in [1.54, 1.807) is 0 Å². The van der Waals surface area contributed by atoms with Crippen molar-refractivity contribution in [2.75, 3.05) is 33.4 Å². The van der Waals surface area contributed by atoms with Gasteiger partial charge in [0.05, 0.1) is 25.2 Å². The quantitative estimate of drug-likeness (QED) is 0.817. The van der Waals surface area contributed by atoms with Gasteiger partial charge in [-0.25, -0.2) is 0 Å². The molecule has 1 aliphatic heterocycles. The second kappa shape index (κ2) is 6.51. The zero-order chi connectivity index (χ0) is 13.7. The highest BCUT2D eigenvalue weighted by Gasteiger charge is 2.38. The van der Waals surface area contributed by atoms with Gasteiger partial charge >= 0.3 is 0 Å². The number of nitrogens with zero attached hydrogens (tertiary/aromatic N) is 1. The molecule has 0 saturated carbocycles. The highest BCUT2D eigenvalue weighted by Crippen LogP contribution is 2.27. The van der Waals surface area contributed by atoms with E-state index < -0.39 is 0 Å². The first-order valence-electron chi connectivity index (χ1n) is 7.12. The smallest absolute Gasteiger partial charge is 0.0579 e. The number of benzene rings is 1. The van der Waals surface area contributed by atoms with Gasteiger partial charge in [-0.2, -0.15) is 0 Å². The molecular weight excluding hydrogens is 238 g/mol. The summed E-state index contributed by atoms with van der Waals surface area (Å²) in [6.45, 7) is 5.60. The molecule has 1 saturated heterocycles. The van der Waals surface area contributed by atoms with Crippen molar-refractivity contribution in [1.29, 1.82) is 0 Å². The molecular formula is C16H25NO2. The molecule has 3 nitrogen and oxygen atoms in total. The van der Waals surface area contributed by atoms with Gasteiger partial charge in [-0.05, 0) is 24.6 Å². The highest BCUT2D eigenvalue weighted by molar-refractivity contribution is 5.22. The van der Waals surface area contributed by atoms with Crippen LogP contribution in [0.15, 0.2) is 24.3 Å². The molecule has 1 aromatic rings. The highest BCUT2D eigenvalue weighted by atomic mass is 16.5. The summed E-state index contributed by atoms with van der Waals surface area (Å²) >= 11 is 0. The summed E-state index contributed by atoms with van der Waals surface area (Å²) in [4.78, 5) is 2.27. The van der Waals surface area contributed by atoms with E-state index in [0.29, 0.717) is 13.2 Å². The first kappa shape index (κ1) is 14.5. The summed E-state index contributed by atoms with van der Waals surface area (Å²) in [6.07, 6.45) is 2.35. The maximum Gasteiger partial charge on any atom is 0.0579 e. The van der Waals surface area contributed by atoms with E-state index in [1.165, 1.54) is 17.5 Å². The van der Waals surface area contributed by atoms with Crippen molar-refractivity contribution in [3.8, 4) is 0 Å². The lowest BCUT2D eigenvalue weighted by Gasteiger charge is -2.42. The van der Waals surface area contributed by atoms with Crippen molar-refractivity contribution in [3.63, 3.8) is 0 Å². The Kier molecular flexibility index (Phi) is 4.97. The van der Waals surface area contributed by atoms with E-state index in [1.807, 2.05) is 0 Å². The van der Waals surface area contributed by atoms with Gasteiger partial charge in [-0.3, -0.25) is 0 Å². The molecule has 106 valence electrons. The van der Waals surface area contributed by atoms with Crippen molar-refractivity contribution in [3.05, 3.63) is 35.4 Å². The van der Waals surface area contributed by atoms with Gasteiger partial charge in [-0.15, -0.1) is 0 Å². The molecule has 1 heterocycles. The Morgan fingerprint density at radius 3 is 2.32 bits per heavy atom. The third kappa shape index (κ3) is 3.78. The predicted molar refractivity (Wildman–Crippen MR) is 77.1 cm³/mol. The fourth-order valence-electron chi connectivity index (χ4n) is 2.66. The zero-order valence-corrected chi connectivity index (χ0v) is 12.1. The van der Waals surface area contributed by atoms with Crippen LogP contribution in [0, 0.1) is 5.41 Å². The van der Waals surface area contributed by atoms with Gasteiger partial charge in [0.25, 0.3) is 0 Å². The summed E-state index contributed by atoms with van der Waals surface area (Å²) in [7, 11) is 2.11. The summed E-state index contributed by atoms with van der Waals surface area (Å²) in [5.74, 6) is 0. The monoisotopic (exact) mass is 263 g/mol. The second-order valence-electron chi connectivity index (χ2n) is 5.89. The first-order chi connectivity index (χ1) is 9.17. The van der Waals surface area contributed by atoms with E-state index in [2.05, 4.69) is 43.1 Å². The molecule has 0 unspecified atom stereocenters. The molecule has 19 heavy (non-hydrogen) atoms. The zero-order valence-electron chi connectivity index (χ0n) is 12.1. The third-order valence-electron chi connectivity index (χ3n) is 3.77. The van der Waals surface area contributed by atoms with Crippen molar-refractivity contribution in [2.24, 2.45) is 5.41 Å². The van der Waals surface area contributed by atoms with Crippen LogP contribution in [0.25, 0.3) is 0 Å². The molecule has 2 rings (SSSR count). The lowest BCUT2D eigenvalue weighted by atomic mass is 9.86. The van der Waals surface area contributed by atoms with Gasteiger partial charge < -0.3 is 14.7 Å². The minimum absolute atomic E-state index is 0.0309. The van der Waals surface area contributed by atoms with Crippen LogP contribution in [0.2, 0.25) is 0 Å². The second-order valence-corrected chi connectivity index (χ2v) is 5.89. The number of aryl methyl sites for hydroxylation is 1. The van der Waals surface area contributed by atoms with Crippen LogP contribution in [0.3, 0.4) is 0 Å². The van der Waals surface area contributed by atoms with Gasteiger partial charge in [0, 0.05) is 13.1 Å². The average molecular weight is 263 g/mol. The van der Waals surface area contributed by atoms with Crippen LogP contribution >= 0.6 is 0 Å². The van der Waals surface area contributed by atoms with Crippen LogP contribution in [0.4, 0.5) is 0 Å². The Morgan fingerprint density at radius 1 is 1.21 bits per heavy atom. The SMILES string of the molecule is CCCc1ccc(CN(C)CC2(CO)COC2)cc1. The van der Waals surface area contributed by atoms with E-state index >= 15 is 0 Å². The molecule has 0 bridgehead atoms. The van der Waals surface area contributed by atoms with Crippen molar-refractivity contribution in [2.45, 2.75) is 26.3 Å². The lowest BCUT2D eigenvalue weighted by molar-refractivity contribution is -0.147. The fourth-order valence-corrected chi connectivity index (χ4v) is 2.66. The maximum absolute atomic E-state index is 9.44. The molecule has 0 amide bonds. The molecule has 1 N–H and O–H groups in total. The Labute approximate surface area is 116 Å². The van der Waals surface area contributed by atoms with E-state index in [-0.39, 0.29) is 12.0 Å². The number of hydrogen-bond donors (Lipinski definition) is 1. The standard InChI is InChI=1S/C16H25NO2/c1-3-4-14-5-7-15(8-6-14)9-17(2)10-16(11-18)12-19-13-16/h5-8,18H,3-4,9-13H2,1-2H3.